The fourth-order valence-electron chi connectivity index (χ4n) is 2.45. The normalized spacial score (nSPS) is 24.3. The number of carbonyl (C=O) groups excluding carboxylic acids is 3. The molecule has 1 saturated heterocycles. The van der Waals surface area contributed by atoms with Crippen LogP contribution in [0.25, 0.3) is 0 Å². The Hall–Kier alpha value is -2.17. The minimum Gasteiger partial charge on any atom is -0.469 e. The van der Waals surface area contributed by atoms with E-state index in [4.69, 9.17) is 4.74 Å². The van der Waals surface area contributed by atoms with Gasteiger partial charge in [-0.1, -0.05) is 30.3 Å². The summed E-state index contributed by atoms with van der Waals surface area (Å²) in [5.41, 5.74) is -0.548. The van der Waals surface area contributed by atoms with Gasteiger partial charge in [-0.3, -0.25) is 14.4 Å². The monoisotopic (exact) mass is 290 g/mol. The second-order valence-corrected chi connectivity index (χ2v) is 5.61. The molecule has 1 aromatic carbocycles. The van der Waals surface area contributed by atoms with Crippen molar-refractivity contribution in [2.75, 3.05) is 7.11 Å². The highest BCUT2D eigenvalue weighted by Gasteiger charge is 2.51. The number of carbonyl (C=O) groups is 3. The smallest absolute Gasteiger partial charge is 0.319 e. The van der Waals surface area contributed by atoms with Crippen LogP contribution in [0.1, 0.15) is 31.9 Å². The molecule has 0 aromatic heterocycles. The minimum atomic E-state index is -1.25. The number of ether oxygens (including phenoxy) is 2. The first-order valence-corrected chi connectivity index (χ1v) is 6.75. The molecule has 5 nitrogen and oxygen atoms in total. The Morgan fingerprint density at radius 1 is 1.24 bits per heavy atom. The van der Waals surface area contributed by atoms with Crippen molar-refractivity contribution in [1.82, 2.24) is 0 Å². The van der Waals surface area contributed by atoms with Crippen LogP contribution in [-0.4, -0.2) is 24.8 Å². The minimum absolute atomic E-state index is 0.106. The summed E-state index contributed by atoms with van der Waals surface area (Å²) in [6, 6.07) is 8.96. The summed E-state index contributed by atoms with van der Waals surface area (Å²) >= 11 is 0. The number of cyclic esters (lactones) is 1. The van der Waals surface area contributed by atoms with Crippen molar-refractivity contribution < 1.29 is 23.9 Å². The van der Waals surface area contributed by atoms with Gasteiger partial charge < -0.3 is 9.47 Å². The number of methoxy groups -OCH3 is 1. The maximum atomic E-state index is 12.6. The average Bonchev–Trinajstić information content (AvgIpc) is 2.49. The molecular formula is C16H18O5. The maximum Gasteiger partial charge on any atom is 0.319 e. The van der Waals surface area contributed by atoms with Crippen LogP contribution in [-0.2, 0) is 23.9 Å². The highest BCUT2D eigenvalue weighted by molar-refractivity contribution is 6.07. The molecule has 1 aliphatic heterocycles. The van der Waals surface area contributed by atoms with Gasteiger partial charge in [0.2, 0.25) is 0 Å². The summed E-state index contributed by atoms with van der Waals surface area (Å²) in [5, 5.41) is 0. The van der Waals surface area contributed by atoms with Crippen molar-refractivity contribution in [2.24, 2.45) is 11.3 Å². The molecule has 2 atom stereocenters. The number of benzene rings is 1. The van der Waals surface area contributed by atoms with Gasteiger partial charge in [-0.25, -0.2) is 0 Å². The van der Waals surface area contributed by atoms with Crippen LogP contribution in [0.4, 0.5) is 0 Å². The van der Waals surface area contributed by atoms with Gasteiger partial charge in [0.25, 0.3) is 0 Å². The van der Waals surface area contributed by atoms with Crippen molar-refractivity contribution in [3.8, 4) is 0 Å². The standard InChI is InChI=1S/C16H18O5/c1-16(2)14(18)11(9-12(17)20-3)13(21-15(16)19)10-7-5-4-6-8-10/h4-8,11,13H,9H2,1-3H3/t11-,13-/m1/s1. The lowest BCUT2D eigenvalue weighted by Gasteiger charge is -2.37. The predicted octanol–water partition coefficient (Wildman–Crippen LogP) is 2.06. The summed E-state index contributed by atoms with van der Waals surface area (Å²) in [5.74, 6) is -2.09. The van der Waals surface area contributed by atoms with Crippen molar-refractivity contribution >= 4 is 17.7 Å². The van der Waals surface area contributed by atoms with Crippen molar-refractivity contribution in [1.29, 1.82) is 0 Å². The van der Waals surface area contributed by atoms with Gasteiger partial charge in [0.05, 0.1) is 19.4 Å². The van der Waals surface area contributed by atoms with Gasteiger partial charge in [0.15, 0.2) is 5.78 Å². The van der Waals surface area contributed by atoms with Gasteiger partial charge in [-0.05, 0) is 19.4 Å². The second-order valence-electron chi connectivity index (χ2n) is 5.61. The molecule has 2 rings (SSSR count). The van der Waals surface area contributed by atoms with Gasteiger partial charge in [0, 0.05) is 0 Å². The molecule has 0 bridgehead atoms. The van der Waals surface area contributed by atoms with E-state index in [0.717, 1.165) is 0 Å². The van der Waals surface area contributed by atoms with Crippen molar-refractivity contribution in [3.63, 3.8) is 0 Å². The summed E-state index contributed by atoms with van der Waals surface area (Å²) < 4.78 is 10.1. The summed E-state index contributed by atoms with van der Waals surface area (Å²) in [7, 11) is 1.27. The van der Waals surface area contributed by atoms with Crippen LogP contribution in [0.5, 0.6) is 0 Å². The van der Waals surface area contributed by atoms with Gasteiger partial charge >= 0.3 is 11.9 Å². The van der Waals surface area contributed by atoms with Crippen molar-refractivity contribution in [3.05, 3.63) is 35.9 Å². The lowest BCUT2D eigenvalue weighted by Crippen LogP contribution is -2.48. The first kappa shape index (κ1) is 15.2. The molecule has 0 amide bonds. The SMILES string of the molecule is COC(=O)C[C@H]1C(=O)C(C)(C)C(=O)O[C@@H]1c1ccccc1. The number of ketones is 1. The molecule has 112 valence electrons. The summed E-state index contributed by atoms with van der Waals surface area (Å²) in [4.78, 5) is 36.2. The molecule has 5 heteroatoms. The lowest BCUT2D eigenvalue weighted by atomic mass is 9.74. The Morgan fingerprint density at radius 2 is 1.86 bits per heavy atom. The van der Waals surface area contributed by atoms with Crippen LogP contribution in [0, 0.1) is 11.3 Å². The van der Waals surface area contributed by atoms with Crippen molar-refractivity contribution in [2.45, 2.75) is 26.4 Å². The molecular weight excluding hydrogens is 272 g/mol. The zero-order valence-electron chi connectivity index (χ0n) is 12.3. The first-order chi connectivity index (χ1) is 9.87. The number of hydrogen-bond donors (Lipinski definition) is 0. The molecule has 1 heterocycles. The van der Waals surface area contributed by atoms with Crippen LogP contribution in [0.15, 0.2) is 30.3 Å². The van der Waals surface area contributed by atoms with E-state index < -0.39 is 29.4 Å². The van der Waals surface area contributed by atoms with Crippen LogP contribution in [0.2, 0.25) is 0 Å². The Labute approximate surface area is 123 Å². The third kappa shape index (κ3) is 2.82. The molecule has 1 fully saturated rings. The molecule has 0 unspecified atom stereocenters. The molecule has 0 saturated carbocycles. The van der Waals surface area contributed by atoms with E-state index in [-0.39, 0.29) is 12.2 Å². The van der Waals surface area contributed by atoms with E-state index in [0.29, 0.717) is 5.56 Å². The Balaban J connectivity index is 2.39. The van der Waals surface area contributed by atoms with E-state index in [9.17, 15) is 14.4 Å². The van der Waals surface area contributed by atoms with Gasteiger partial charge in [-0.2, -0.15) is 0 Å². The fourth-order valence-corrected chi connectivity index (χ4v) is 2.45. The second kappa shape index (κ2) is 5.68. The Kier molecular flexibility index (Phi) is 4.11. The third-order valence-electron chi connectivity index (χ3n) is 3.80. The number of Topliss-reactive ketones (excluding diaryl/α,β-unsaturated/α-hetero) is 1. The number of hydrogen-bond acceptors (Lipinski definition) is 5. The predicted molar refractivity (Wildman–Crippen MR) is 74.2 cm³/mol. The summed E-state index contributed by atoms with van der Waals surface area (Å²) in [6.45, 7) is 3.03. The number of esters is 2. The molecule has 0 N–H and O–H groups in total. The Bertz CT molecular complexity index is 561. The maximum absolute atomic E-state index is 12.6. The largest absolute Gasteiger partial charge is 0.469 e. The lowest BCUT2D eigenvalue weighted by molar-refractivity contribution is -0.181. The van der Waals surface area contributed by atoms with Gasteiger partial charge in [0.1, 0.15) is 11.5 Å². The zero-order valence-corrected chi connectivity index (χ0v) is 12.3. The van der Waals surface area contributed by atoms with E-state index in [1.54, 1.807) is 24.3 Å². The topological polar surface area (TPSA) is 69.7 Å². The quantitative estimate of drug-likeness (QED) is 0.629. The average molecular weight is 290 g/mol. The molecule has 0 aliphatic carbocycles. The van der Waals surface area contributed by atoms with Crippen LogP contribution in [0.3, 0.4) is 0 Å². The fraction of sp³-hybridized carbons (Fsp3) is 0.438. The van der Waals surface area contributed by atoms with E-state index in [2.05, 4.69) is 4.74 Å². The first-order valence-electron chi connectivity index (χ1n) is 6.75. The molecule has 0 radical (unpaired) electrons. The van der Waals surface area contributed by atoms with Gasteiger partial charge in [-0.15, -0.1) is 0 Å². The summed E-state index contributed by atoms with van der Waals surface area (Å²) in [6.07, 6.45) is -0.857. The van der Waals surface area contributed by atoms with E-state index >= 15 is 0 Å². The zero-order chi connectivity index (χ0) is 15.6. The highest BCUT2D eigenvalue weighted by Crippen LogP contribution is 2.41. The third-order valence-corrected chi connectivity index (χ3v) is 3.80. The molecule has 21 heavy (non-hydrogen) atoms. The van der Waals surface area contributed by atoms with E-state index in [1.807, 2.05) is 6.07 Å². The number of rotatable bonds is 3. The van der Waals surface area contributed by atoms with Crippen LogP contribution >= 0.6 is 0 Å². The van der Waals surface area contributed by atoms with Crippen LogP contribution < -0.4 is 0 Å². The highest BCUT2D eigenvalue weighted by atomic mass is 16.6. The molecule has 1 aliphatic rings. The molecule has 1 aromatic rings. The molecule has 0 spiro atoms. The Morgan fingerprint density at radius 3 is 2.43 bits per heavy atom. The van der Waals surface area contributed by atoms with E-state index in [1.165, 1.54) is 21.0 Å².